The van der Waals surface area contributed by atoms with Crippen LogP contribution in [0.25, 0.3) is 0 Å². The Kier molecular flexibility index (Phi) is 6.41. The molecule has 0 aliphatic carbocycles. The first-order valence-electron chi connectivity index (χ1n) is 9.19. The number of carbonyl (C=O) groups is 2. The van der Waals surface area contributed by atoms with Gasteiger partial charge in [0.25, 0.3) is 5.91 Å². The molecule has 8 nitrogen and oxygen atoms in total. The summed E-state index contributed by atoms with van der Waals surface area (Å²) in [5, 5.41) is 5.69. The Morgan fingerprint density at radius 3 is 2.54 bits per heavy atom. The summed E-state index contributed by atoms with van der Waals surface area (Å²) in [5.41, 5.74) is 1.20. The Morgan fingerprint density at radius 2 is 1.89 bits per heavy atom. The van der Waals surface area contributed by atoms with Crippen LogP contribution in [0, 0.1) is 5.92 Å². The Hall–Kier alpha value is -3.16. The topological polar surface area (TPSA) is 93.0 Å². The van der Waals surface area contributed by atoms with Crippen LogP contribution in [0.1, 0.15) is 23.2 Å². The highest BCUT2D eigenvalue weighted by Crippen LogP contribution is 2.29. The minimum Gasteiger partial charge on any atom is -0.493 e. The van der Waals surface area contributed by atoms with E-state index in [-0.39, 0.29) is 11.9 Å². The number of urea groups is 1. The third-order valence-corrected chi connectivity index (χ3v) is 4.86. The van der Waals surface area contributed by atoms with E-state index >= 15 is 0 Å². The predicted octanol–water partition coefficient (Wildman–Crippen LogP) is 2.97. The van der Waals surface area contributed by atoms with E-state index in [0.717, 1.165) is 12.8 Å². The minimum atomic E-state index is -0.274. The molecule has 150 valence electrons. The molecule has 1 aliphatic rings. The van der Waals surface area contributed by atoms with Crippen molar-refractivity contribution in [2.75, 3.05) is 39.2 Å². The number of nitrogens with one attached hydrogen (secondary N) is 2. The fraction of sp³-hybridized carbons (Fsp3) is 0.400. The van der Waals surface area contributed by atoms with Gasteiger partial charge in [0.05, 0.1) is 26.0 Å². The average Bonchev–Trinajstić information content (AvgIpc) is 3.27. The maximum atomic E-state index is 12.3. The van der Waals surface area contributed by atoms with Crippen LogP contribution < -0.4 is 20.1 Å². The van der Waals surface area contributed by atoms with E-state index in [1.165, 1.54) is 12.5 Å². The number of nitrogens with zero attached hydrogens (tertiary/aromatic N) is 1. The van der Waals surface area contributed by atoms with Crippen LogP contribution in [0.4, 0.5) is 10.5 Å². The molecule has 2 aromatic rings. The van der Waals surface area contributed by atoms with E-state index in [9.17, 15) is 9.59 Å². The van der Waals surface area contributed by atoms with Crippen LogP contribution in [0.3, 0.4) is 0 Å². The summed E-state index contributed by atoms with van der Waals surface area (Å²) in [7, 11) is 3.11. The van der Waals surface area contributed by atoms with Gasteiger partial charge in [0, 0.05) is 31.4 Å². The van der Waals surface area contributed by atoms with Crippen LogP contribution in [0.15, 0.2) is 41.2 Å². The Balaban J connectivity index is 1.43. The van der Waals surface area contributed by atoms with Crippen molar-refractivity contribution in [2.45, 2.75) is 12.8 Å². The molecule has 0 atom stereocenters. The number of benzene rings is 1. The van der Waals surface area contributed by atoms with Gasteiger partial charge >= 0.3 is 6.03 Å². The molecule has 2 N–H and O–H groups in total. The number of methoxy groups -OCH3 is 2. The lowest BCUT2D eigenvalue weighted by Crippen LogP contribution is -2.42. The molecular weight excluding hydrogens is 362 g/mol. The molecule has 3 amide bonds. The number of hydrogen-bond donors (Lipinski definition) is 2. The number of amides is 3. The Labute approximate surface area is 163 Å². The van der Waals surface area contributed by atoms with Gasteiger partial charge < -0.3 is 29.4 Å². The molecule has 0 saturated carbocycles. The fourth-order valence-corrected chi connectivity index (χ4v) is 3.24. The zero-order valence-electron chi connectivity index (χ0n) is 16.1. The van der Waals surface area contributed by atoms with E-state index in [2.05, 4.69) is 10.6 Å². The largest absolute Gasteiger partial charge is 0.493 e. The first-order chi connectivity index (χ1) is 13.6. The summed E-state index contributed by atoms with van der Waals surface area (Å²) in [6.45, 7) is 1.91. The molecule has 28 heavy (non-hydrogen) atoms. The molecule has 1 aromatic carbocycles. The van der Waals surface area contributed by atoms with Gasteiger partial charge in [-0.2, -0.15) is 0 Å². The van der Waals surface area contributed by atoms with E-state index < -0.39 is 0 Å². The highest BCUT2D eigenvalue weighted by Gasteiger charge is 2.24. The summed E-state index contributed by atoms with van der Waals surface area (Å²) < 4.78 is 15.4. The predicted molar refractivity (Wildman–Crippen MR) is 104 cm³/mol. The van der Waals surface area contributed by atoms with E-state index in [0.29, 0.717) is 48.3 Å². The first-order valence-corrected chi connectivity index (χ1v) is 9.19. The highest BCUT2D eigenvalue weighted by molar-refractivity contribution is 5.93. The van der Waals surface area contributed by atoms with E-state index in [1.54, 1.807) is 38.5 Å². The molecule has 1 aromatic heterocycles. The number of likely N-dealkylation sites (tertiary alicyclic amines) is 1. The van der Waals surface area contributed by atoms with Gasteiger partial charge in [0.2, 0.25) is 0 Å². The Morgan fingerprint density at radius 1 is 1.14 bits per heavy atom. The smallest absolute Gasteiger partial charge is 0.319 e. The normalized spacial score (nSPS) is 14.4. The zero-order valence-corrected chi connectivity index (χ0v) is 16.1. The SMILES string of the molecule is COc1ccc(NC(=O)NCC2CCN(C(=O)c3ccoc3)CC2)cc1OC. The molecule has 1 saturated heterocycles. The summed E-state index contributed by atoms with van der Waals surface area (Å²) in [6, 6.07) is 6.60. The lowest BCUT2D eigenvalue weighted by molar-refractivity contribution is 0.0690. The van der Waals surface area contributed by atoms with Crippen molar-refractivity contribution in [1.82, 2.24) is 10.2 Å². The number of hydrogen-bond acceptors (Lipinski definition) is 5. The van der Waals surface area contributed by atoms with Gasteiger partial charge in [-0.3, -0.25) is 4.79 Å². The molecule has 0 unspecified atom stereocenters. The second kappa shape index (κ2) is 9.16. The van der Waals surface area contributed by atoms with Crippen molar-refractivity contribution in [3.8, 4) is 11.5 Å². The molecule has 0 spiro atoms. The van der Waals surface area contributed by atoms with Crippen LogP contribution in [-0.2, 0) is 0 Å². The maximum absolute atomic E-state index is 12.3. The summed E-state index contributed by atoms with van der Waals surface area (Å²) in [4.78, 5) is 26.3. The molecule has 0 radical (unpaired) electrons. The van der Waals surface area contributed by atoms with Gasteiger partial charge in [-0.05, 0) is 37.0 Å². The molecule has 2 heterocycles. The van der Waals surface area contributed by atoms with Crippen molar-refractivity contribution in [3.63, 3.8) is 0 Å². The quantitative estimate of drug-likeness (QED) is 0.795. The second-order valence-corrected chi connectivity index (χ2v) is 6.65. The lowest BCUT2D eigenvalue weighted by Gasteiger charge is -2.31. The van der Waals surface area contributed by atoms with Gasteiger partial charge in [0.15, 0.2) is 11.5 Å². The monoisotopic (exact) mass is 387 g/mol. The van der Waals surface area contributed by atoms with Crippen molar-refractivity contribution in [1.29, 1.82) is 0 Å². The van der Waals surface area contributed by atoms with Crippen LogP contribution in [-0.4, -0.2) is 50.7 Å². The number of ether oxygens (including phenoxy) is 2. The Bertz CT molecular complexity index is 798. The molecule has 0 bridgehead atoms. The van der Waals surface area contributed by atoms with Crippen LogP contribution >= 0.6 is 0 Å². The van der Waals surface area contributed by atoms with E-state index in [4.69, 9.17) is 13.9 Å². The molecule has 1 fully saturated rings. The van der Waals surface area contributed by atoms with E-state index in [1.807, 2.05) is 4.90 Å². The summed E-state index contributed by atoms with van der Waals surface area (Å²) in [6.07, 6.45) is 4.66. The minimum absolute atomic E-state index is 0.00800. The van der Waals surface area contributed by atoms with Crippen LogP contribution in [0.2, 0.25) is 0 Å². The molecular formula is C20H25N3O5. The molecule has 8 heteroatoms. The average molecular weight is 387 g/mol. The van der Waals surface area contributed by atoms with Crippen molar-refractivity contribution in [3.05, 3.63) is 42.4 Å². The highest BCUT2D eigenvalue weighted by atomic mass is 16.5. The number of piperidine rings is 1. The molecule has 3 rings (SSSR count). The van der Waals surface area contributed by atoms with Crippen molar-refractivity contribution >= 4 is 17.6 Å². The van der Waals surface area contributed by atoms with Gasteiger partial charge in [0.1, 0.15) is 6.26 Å². The number of furan rings is 1. The fourth-order valence-electron chi connectivity index (χ4n) is 3.24. The number of rotatable bonds is 6. The van der Waals surface area contributed by atoms with Crippen LogP contribution in [0.5, 0.6) is 11.5 Å². The van der Waals surface area contributed by atoms with Crippen molar-refractivity contribution in [2.24, 2.45) is 5.92 Å². The lowest BCUT2D eigenvalue weighted by atomic mass is 9.96. The second-order valence-electron chi connectivity index (χ2n) is 6.65. The third kappa shape index (κ3) is 4.76. The van der Waals surface area contributed by atoms with Crippen molar-refractivity contribution < 1.29 is 23.5 Å². The zero-order chi connectivity index (χ0) is 19.9. The number of anilines is 1. The van der Waals surface area contributed by atoms with Gasteiger partial charge in [-0.15, -0.1) is 0 Å². The summed E-state index contributed by atoms with van der Waals surface area (Å²) >= 11 is 0. The first kappa shape index (κ1) is 19.6. The maximum Gasteiger partial charge on any atom is 0.319 e. The third-order valence-electron chi connectivity index (χ3n) is 4.86. The number of carbonyl (C=O) groups excluding carboxylic acids is 2. The van der Waals surface area contributed by atoms with Gasteiger partial charge in [-0.25, -0.2) is 4.79 Å². The molecule has 1 aliphatic heterocycles. The van der Waals surface area contributed by atoms with Gasteiger partial charge in [-0.1, -0.05) is 0 Å². The summed E-state index contributed by atoms with van der Waals surface area (Å²) in [5.74, 6) is 1.48. The standard InChI is InChI=1S/C20H25N3O5/c1-26-17-4-3-16(11-18(17)27-2)22-20(25)21-12-14-5-8-23(9-6-14)19(24)15-7-10-28-13-15/h3-4,7,10-11,13-14H,5-6,8-9,12H2,1-2H3,(H2,21,22,25).